The summed E-state index contributed by atoms with van der Waals surface area (Å²) in [6.07, 6.45) is 1.67. The summed E-state index contributed by atoms with van der Waals surface area (Å²) in [5.41, 5.74) is 7.42. The predicted octanol–water partition coefficient (Wildman–Crippen LogP) is 2.28. The molecule has 2 rings (SSSR count). The van der Waals surface area contributed by atoms with Crippen molar-refractivity contribution in [2.24, 2.45) is 5.73 Å². The summed E-state index contributed by atoms with van der Waals surface area (Å²) in [5, 5.41) is 2.80. The van der Waals surface area contributed by atoms with E-state index in [9.17, 15) is 4.79 Å². The highest BCUT2D eigenvalue weighted by molar-refractivity contribution is 5.94. The van der Waals surface area contributed by atoms with Gasteiger partial charge in [-0.1, -0.05) is 36.4 Å². The Kier molecular flexibility index (Phi) is 4.26. The van der Waals surface area contributed by atoms with Crippen molar-refractivity contribution in [1.82, 2.24) is 4.98 Å². The Bertz CT molecular complexity index is 537. The van der Waals surface area contributed by atoms with E-state index < -0.39 is 0 Å². The summed E-state index contributed by atoms with van der Waals surface area (Å²) >= 11 is 0. The highest BCUT2D eigenvalue weighted by Gasteiger charge is 2.15. The first kappa shape index (κ1) is 13.2. The molecule has 4 nitrogen and oxygen atoms in total. The molecular formula is C15H17N3O. The van der Waals surface area contributed by atoms with E-state index in [0.717, 1.165) is 11.1 Å². The van der Waals surface area contributed by atoms with E-state index in [1.165, 1.54) is 0 Å². The van der Waals surface area contributed by atoms with E-state index in [1.54, 1.807) is 12.3 Å². The third-order valence-corrected chi connectivity index (χ3v) is 3.00. The Morgan fingerprint density at radius 1 is 1.26 bits per heavy atom. The number of benzene rings is 1. The molecule has 1 amide bonds. The second kappa shape index (κ2) is 6.11. The highest BCUT2D eigenvalue weighted by atomic mass is 16.1. The molecule has 0 spiro atoms. The smallest absolute Gasteiger partial charge is 0.232 e. The van der Waals surface area contributed by atoms with Crippen molar-refractivity contribution in [2.75, 3.05) is 5.32 Å². The Balaban J connectivity index is 2.04. The van der Waals surface area contributed by atoms with E-state index >= 15 is 0 Å². The summed E-state index contributed by atoms with van der Waals surface area (Å²) in [7, 11) is 0. The Labute approximate surface area is 112 Å². The van der Waals surface area contributed by atoms with Gasteiger partial charge in [0.1, 0.15) is 5.82 Å². The average Bonchev–Trinajstić information content (AvgIpc) is 2.48. The molecule has 1 atom stereocenters. The lowest BCUT2D eigenvalue weighted by Gasteiger charge is -2.12. The van der Waals surface area contributed by atoms with Crippen LogP contribution in [0.25, 0.3) is 0 Å². The summed E-state index contributed by atoms with van der Waals surface area (Å²) in [5.74, 6) is 0.265. The van der Waals surface area contributed by atoms with E-state index in [4.69, 9.17) is 5.73 Å². The number of carbonyl (C=O) groups is 1. The van der Waals surface area contributed by atoms with Crippen LogP contribution in [0.2, 0.25) is 0 Å². The number of aromatic nitrogens is 1. The van der Waals surface area contributed by atoms with Gasteiger partial charge in [-0.2, -0.15) is 0 Å². The number of rotatable bonds is 4. The number of nitrogens with zero attached hydrogens (tertiary/aromatic N) is 1. The molecule has 1 heterocycles. The minimum Gasteiger partial charge on any atom is -0.326 e. The van der Waals surface area contributed by atoms with Crippen LogP contribution >= 0.6 is 0 Å². The third kappa shape index (κ3) is 3.39. The van der Waals surface area contributed by atoms with Crippen LogP contribution in [-0.4, -0.2) is 10.9 Å². The van der Waals surface area contributed by atoms with Gasteiger partial charge in [-0.05, 0) is 24.1 Å². The van der Waals surface area contributed by atoms with Gasteiger partial charge in [0, 0.05) is 12.7 Å². The monoisotopic (exact) mass is 255 g/mol. The minimum absolute atomic E-state index is 0.0702. The molecule has 1 aromatic carbocycles. The van der Waals surface area contributed by atoms with Crippen LogP contribution in [0.1, 0.15) is 24.0 Å². The van der Waals surface area contributed by atoms with Crippen molar-refractivity contribution in [2.45, 2.75) is 19.4 Å². The molecule has 0 fully saturated rings. The van der Waals surface area contributed by atoms with E-state index in [-0.39, 0.29) is 11.8 Å². The SMILES string of the molecule is CC(C(=O)Nc1ccc(CN)cn1)c1ccccc1. The Morgan fingerprint density at radius 3 is 2.58 bits per heavy atom. The number of nitrogens with one attached hydrogen (secondary N) is 1. The van der Waals surface area contributed by atoms with Crippen LogP contribution in [-0.2, 0) is 11.3 Å². The molecule has 0 saturated heterocycles. The number of amides is 1. The van der Waals surface area contributed by atoms with Gasteiger partial charge in [-0.25, -0.2) is 4.98 Å². The average molecular weight is 255 g/mol. The summed E-state index contributed by atoms with van der Waals surface area (Å²) in [6.45, 7) is 2.32. The first-order valence-electron chi connectivity index (χ1n) is 6.21. The Hall–Kier alpha value is -2.20. The zero-order valence-electron chi connectivity index (χ0n) is 10.8. The van der Waals surface area contributed by atoms with Crippen LogP contribution in [0.15, 0.2) is 48.7 Å². The van der Waals surface area contributed by atoms with Crippen molar-refractivity contribution in [3.8, 4) is 0 Å². The lowest BCUT2D eigenvalue weighted by Crippen LogP contribution is -2.19. The maximum atomic E-state index is 12.1. The van der Waals surface area contributed by atoms with Gasteiger partial charge in [0.15, 0.2) is 0 Å². The molecular weight excluding hydrogens is 238 g/mol. The van der Waals surface area contributed by atoms with Gasteiger partial charge in [0.2, 0.25) is 5.91 Å². The van der Waals surface area contributed by atoms with Gasteiger partial charge in [-0.3, -0.25) is 4.79 Å². The maximum absolute atomic E-state index is 12.1. The topological polar surface area (TPSA) is 68.0 Å². The number of hydrogen-bond donors (Lipinski definition) is 2. The fraction of sp³-hybridized carbons (Fsp3) is 0.200. The van der Waals surface area contributed by atoms with Crippen LogP contribution in [0.3, 0.4) is 0 Å². The molecule has 0 aliphatic rings. The fourth-order valence-corrected chi connectivity index (χ4v) is 1.75. The molecule has 0 radical (unpaired) electrons. The normalized spacial score (nSPS) is 11.9. The zero-order chi connectivity index (χ0) is 13.7. The molecule has 2 aromatic rings. The fourth-order valence-electron chi connectivity index (χ4n) is 1.75. The largest absolute Gasteiger partial charge is 0.326 e. The van der Waals surface area contributed by atoms with Gasteiger partial charge in [-0.15, -0.1) is 0 Å². The van der Waals surface area contributed by atoms with E-state index in [0.29, 0.717) is 12.4 Å². The Morgan fingerprint density at radius 2 is 2.00 bits per heavy atom. The van der Waals surface area contributed by atoms with Crippen molar-refractivity contribution in [3.63, 3.8) is 0 Å². The molecule has 0 aliphatic carbocycles. The molecule has 4 heteroatoms. The van der Waals surface area contributed by atoms with Crippen LogP contribution in [0.4, 0.5) is 5.82 Å². The van der Waals surface area contributed by atoms with Crippen LogP contribution < -0.4 is 11.1 Å². The summed E-state index contributed by atoms with van der Waals surface area (Å²) in [4.78, 5) is 16.2. The summed E-state index contributed by atoms with van der Waals surface area (Å²) < 4.78 is 0. The second-order valence-corrected chi connectivity index (χ2v) is 4.38. The first-order chi connectivity index (χ1) is 9.20. The molecule has 0 aliphatic heterocycles. The molecule has 0 bridgehead atoms. The van der Waals surface area contributed by atoms with Gasteiger partial charge >= 0.3 is 0 Å². The standard InChI is InChI=1S/C15H17N3O/c1-11(13-5-3-2-4-6-13)15(19)18-14-8-7-12(9-16)10-17-14/h2-8,10-11H,9,16H2,1H3,(H,17,18,19). The minimum atomic E-state index is -0.211. The molecule has 19 heavy (non-hydrogen) atoms. The van der Waals surface area contributed by atoms with Crippen molar-refractivity contribution in [1.29, 1.82) is 0 Å². The van der Waals surface area contributed by atoms with Gasteiger partial charge in [0.05, 0.1) is 5.92 Å². The highest BCUT2D eigenvalue weighted by Crippen LogP contribution is 2.16. The first-order valence-corrected chi connectivity index (χ1v) is 6.21. The molecule has 0 saturated carbocycles. The van der Waals surface area contributed by atoms with Crippen LogP contribution in [0, 0.1) is 0 Å². The van der Waals surface area contributed by atoms with Gasteiger partial charge in [0.25, 0.3) is 0 Å². The van der Waals surface area contributed by atoms with Crippen molar-refractivity contribution in [3.05, 3.63) is 59.8 Å². The molecule has 3 N–H and O–H groups in total. The third-order valence-electron chi connectivity index (χ3n) is 3.00. The van der Waals surface area contributed by atoms with Crippen LogP contribution in [0.5, 0.6) is 0 Å². The number of carbonyl (C=O) groups excluding carboxylic acids is 1. The van der Waals surface area contributed by atoms with E-state index in [1.807, 2.05) is 43.3 Å². The molecule has 98 valence electrons. The quantitative estimate of drug-likeness (QED) is 0.880. The zero-order valence-corrected chi connectivity index (χ0v) is 10.8. The molecule has 1 aromatic heterocycles. The van der Waals surface area contributed by atoms with E-state index in [2.05, 4.69) is 10.3 Å². The van der Waals surface area contributed by atoms with Crippen molar-refractivity contribution >= 4 is 11.7 Å². The van der Waals surface area contributed by atoms with Gasteiger partial charge < -0.3 is 11.1 Å². The maximum Gasteiger partial charge on any atom is 0.232 e. The number of anilines is 1. The molecule has 1 unspecified atom stereocenters. The lowest BCUT2D eigenvalue weighted by atomic mass is 10.0. The number of pyridine rings is 1. The summed E-state index contributed by atoms with van der Waals surface area (Å²) in [6, 6.07) is 13.3. The number of hydrogen-bond acceptors (Lipinski definition) is 3. The lowest BCUT2D eigenvalue weighted by molar-refractivity contribution is -0.117. The van der Waals surface area contributed by atoms with Crippen molar-refractivity contribution < 1.29 is 4.79 Å². The second-order valence-electron chi connectivity index (χ2n) is 4.38. The number of nitrogens with two attached hydrogens (primary N) is 1. The predicted molar refractivity (Wildman–Crippen MR) is 75.6 cm³/mol.